The maximum atomic E-state index is 10.1. The molecule has 1 N–H and O–H groups in total. The summed E-state index contributed by atoms with van der Waals surface area (Å²) in [5, 5.41) is 10.1. The molecule has 0 spiro atoms. The first-order valence-electron chi connectivity index (χ1n) is 7.35. The van der Waals surface area contributed by atoms with Crippen molar-refractivity contribution >= 4 is 0 Å². The number of aliphatic hydroxyl groups is 1. The Hall–Kier alpha value is -0.120. The summed E-state index contributed by atoms with van der Waals surface area (Å²) in [6.45, 7) is 12.9. The summed E-state index contributed by atoms with van der Waals surface area (Å²) in [5.41, 5.74) is -0.166. The van der Waals surface area contributed by atoms with Crippen LogP contribution in [0.1, 0.15) is 53.9 Å². The molecule has 18 heavy (non-hydrogen) atoms. The number of rotatable bonds is 5. The molecular formula is C15H31NO2. The van der Waals surface area contributed by atoms with E-state index >= 15 is 0 Å². The lowest BCUT2D eigenvalue weighted by Crippen LogP contribution is -2.47. The number of nitrogens with zero attached hydrogens (tertiary/aromatic N) is 1. The molecule has 0 aromatic carbocycles. The molecule has 3 heteroatoms. The van der Waals surface area contributed by atoms with Gasteiger partial charge in [-0.25, -0.2) is 0 Å². The first-order chi connectivity index (χ1) is 8.29. The van der Waals surface area contributed by atoms with Crippen molar-refractivity contribution in [3.63, 3.8) is 0 Å². The summed E-state index contributed by atoms with van der Waals surface area (Å²) in [6.07, 6.45) is 3.48. The van der Waals surface area contributed by atoms with Crippen molar-refractivity contribution in [3.05, 3.63) is 0 Å². The van der Waals surface area contributed by atoms with E-state index in [9.17, 15) is 5.11 Å². The molecule has 1 aliphatic rings. The average molecular weight is 257 g/mol. The minimum Gasteiger partial charge on any atom is -0.389 e. The van der Waals surface area contributed by atoms with E-state index in [4.69, 9.17) is 4.74 Å². The van der Waals surface area contributed by atoms with Gasteiger partial charge in [0.1, 0.15) is 0 Å². The van der Waals surface area contributed by atoms with Crippen LogP contribution in [0.4, 0.5) is 0 Å². The SMILES string of the molecule is CC(C)C1CCCCN1CC(O)COC(C)(C)C. The molecule has 0 bridgehead atoms. The Balaban J connectivity index is 2.39. The second-order valence-corrected chi connectivity index (χ2v) is 6.88. The first kappa shape index (κ1) is 15.9. The summed E-state index contributed by atoms with van der Waals surface area (Å²) < 4.78 is 5.65. The van der Waals surface area contributed by atoms with Crippen molar-refractivity contribution in [1.82, 2.24) is 4.90 Å². The van der Waals surface area contributed by atoms with Crippen molar-refractivity contribution in [3.8, 4) is 0 Å². The second kappa shape index (κ2) is 6.88. The highest BCUT2D eigenvalue weighted by molar-refractivity contribution is 4.81. The van der Waals surface area contributed by atoms with Gasteiger partial charge in [0, 0.05) is 12.6 Å². The largest absolute Gasteiger partial charge is 0.389 e. The highest BCUT2D eigenvalue weighted by Crippen LogP contribution is 2.23. The van der Waals surface area contributed by atoms with Crippen LogP contribution in [0, 0.1) is 5.92 Å². The van der Waals surface area contributed by atoms with Gasteiger partial charge in [0.25, 0.3) is 0 Å². The van der Waals surface area contributed by atoms with E-state index in [2.05, 4.69) is 18.7 Å². The average Bonchev–Trinajstić information content (AvgIpc) is 2.26. The molecule has 1 fully saturated rings. The van der Waals surface area contributed by atoms with Crippen molar-refractivity contribution in [1.29, 1.82) is 0 Å². The molecule has 2 atom stereocenters. The molecule has 0 amide bonds. The lowest BCUT2D eigenvalue weighted by atomic mass is 9.92. The standard InChI is InChI=1S/C15H31NO2/c1-12(2)14-8-6-7-9-16(14)10-13(17)11-18-15(3,4)5/h12-14,17H,6-11H2,1-5H3. The zero-order chi connectivity index (χ0) is 13.8. The van der Waals surface area contributed by atoms with Crippen LogP contribution in [-0.4, -0.2) is 47.4 Å². The van der Waals surface area contributed by atoms with Gasteiger partial charge in [-0.3, -0.25) is 4.90 Å². The normalized spacial score (nSPS) is 24.5. The van der Waals surface area contributed by atoms with Gasteiger partial charge in [-0.15, -0.1) is 0 Å². The Kier molecular flexibility index (Phi) is 6.09. The molecule has 0 saturated carbocycles. The van der Waals surface area contributed by atoms with E-state index in [0.717, 1.165) is 13.1 Å². The van der Waals surface area contributed by atoms with Crippen molar-refractivity contribution in [2.45, 2.75) is 71.6 Å². The number of ether oxygens (including phenoxy) is 1. The topological polar surface area (TPSA) is 32.7 Å². The number of β-amino-alcohol motifs (C(OH)–C–C–N with tert-alkyl or cyclic N) is 1. The minimum atomic E-state index is -0.372. The van der Waals surface area contributed by atoms with Crippen LogP contribution in [0.2, 0.25) is 0 Å². The van der Waals surface area contributed by atoms with Crippen molar-refractivity contribution in [2.24, 2.45) is 5.92 Å². The molecule has 0 aromatic heterocycles. The molecule has 1 rings (SSSR count). The zero-order valence-electron chi connectivity index (χ0n) is 12.8. The van der Waals surface area contributed by atoms with Crippen LogP contribution < -0.4 is 0 Å². The zero-order valence-corrected chi connectivity index (χ0v) is 12.8. The Labute approximate surface area is 113 Å². The third-order valence-electron chi connectivity index (χ3n) is 3.59. The lowest BCUT2D eigenvalue weighted by Gasteiger charge is -2.39. The van der Waals surface area contributed by atoms with E-state index in [0.29, 0.717) is 18.6 Å². The van der Waals surface area contributed by atoms with E-state index in [-0.39, 0.29) is 11.7 Å². The molecule has 1 saturated heterocycles. The van der Waals surface area contributed by atoms with Crippen LogP contribution in [0.3, 0.4) is 0 Å². The van der Waals surface area contributed by atoms with Crippen molar-refractivity contribution in [2.75, 3.05) is 19.7 Å². The fourth-order valence-corrected chi connectivity index (χ4v) is 2.67. The van der Waals surface area contributed by atoms with Gasteiger partial charge in [0.2, 0.25) is 0 Å². The quantitative estimate of drug-likeness (QED) is 0.822. The number of aliphatic hydroxyl groups excluding tert-OH is 1. The summed E-state index contributed by atoms with van der Waals surface area (Å²) in [6, 6.07) is 0.628. The van der Waals surface area contributed by atoms with Gasteiger partial charge in [-0.2, -0.15) is 0 Å². The number of hydrogen-bond donors (Lipinski definition) is 1. The van der Waals surface area contributed by atoms with E-state index in [1.807, 2.05) is 20.8 Å². The number of likely N-dealkylation sites (tertiary alicyclic amines) is 1. The van der Waals surface area contributed by atoms with Crippen LogP contribution in [0.15, 0.2) is 0 Å². The highest BCUT2D eigenvalue weighted by atomic mass is 16.5. The van der Waals surface area contributed by atoms with E-state index in [1.54, 1.807) is 0 Å². The van der Waals surface area contributed by atoms with Crippen LogP contribution >= 0.6 is 0 Å². The summed E-state index contributed by atoms with van der Waals surface area (Å²) >= 11 is 0. The van der Waals surface area contributed by atoms with Crippen LogP contribution in [0.25, 0.3) is 0 Å². The smallest absolute Gasteiger partial charge is 0.0900 e. The van der Waals surface area contributed by atoms with Crippen LogP contribution in [-0.2, 0) is 4.74 Å². The highest BCUT2D eigenvalue weighted by Gasteiger charge is 2.27. The monoisotopic (exact) mass is 257 g/mol. The Bertz CT molecular complexity index is 235. The molecule has 0 aliphatic carbocycles. The maximum absolute atomic E-state index is 10.1. The predicted octanol–water partition coefficient (Wildman–Crippen LogP) is 2.67. The maximum Gasteiger partial charge on any atom is 0.0900 e. The summed E-state index contributed by atoms with van der Waals surface area (Å²) in [5.74, 6) is 0.668. The van der Waals surface area contributed by atoms with Gasteiger partial charge in [-0.05, 0) is 46.1 Å². The third-order valence-corrected chi connectivity index (χ3v) is 3.59. The van der Waals surface area contributed by atoms with E-state index in [1.165, 1.54) is 19.3 Å². The predicted molar refractivity (Wildman–Crippen MR) is 75.8 cm³/mol. The second-order valence-electron chi connectivity index (χ2n) is 6.88. The fraction of sp³-hybridized carbons (Fsp3) is 1.00. The number of piperidine rings is 1. The molecule has 1 aliphatic heterocycles. The molecule has 0 aromatic rings. The van der Waals surface area contributed by atoms with Gasteiger partial charge < -0.3 is 9.84 Å². The molecule has 0 radical (unpaired) electrons. The van der Waals surface area contributed by atoms with Crippen LogP contribution in [0.5, 0.6) is 0 Å². The molecule has 108 valence electrons. The number of hydrogen-bond acceptors (Lipinski definition) is 3. The Morgan fingerprint density at radius 3 is 2.50 bits per heavy atom. The van der Waals surface area contributed by atoms with Gasteiger partial charge in [0.05, 0.1) is 18.3 Å². The molecule has 3 nitrogen and oxygen atoms in total. The van der Waals surface area contributed by atoms with Gasteiger partial charge in [0.15, 0.2) is 0 Å². The Morgan fingerprint density at radius 1 is 1.28 bits per heavy atom. The lowest BCUT2D eigenvalue weighted by molar-refractivity contribution is -0.0626. The fourth-order valence-electron chi connectivity index (χ4n) is 2.67. The first-order valence-corrected chi connectivity index (χ1v) is 7.35. The van der Waals surface area contributed by atoms with Gasteiger partial charge in [-0.1, -0.05) is 20.3 Å². The Morgan fingerprint density at radius 2 is 1.94 bits per heavy atom. The van der Waals surface area contributed by atoms with E-state index < -0.39 is 0 Å². The minimum absolute atomic E-state index is 0.166. The molecular weight excluding hydrogens is 226 g/mol. The molecule has 1 heterocycles. The molecule has 2 unspecified atom stereocenters. The summed E-state index contributed by atoms with van der Waals surface area (Å²) in [4.78, 5) is 2.45. The summed E-state index contributed by atoms with van der Waals surface area (Å²) in [7, 11) is 0. The van der Waals surface area contributed by atoms with Gasteiger partial charge >= 0.3 is 0 Å². The van der Waals surface area contributed by atoms with Crippen molar-refractivity contribution < 1.29 is 9.84 Å². The third kappa shape index (κ3) is 5.68.